The molecule has 0 spiro atoms. The van der Waals surface area contributed by atoms with E-state index in [-0.39, 0.29) is 10.6 Å². The molecule has 5 nitrogen and oxygen atoms in total. The molecule has 2 aromatic rings. The van der Waals surface area contributed by atoms with Gasteiger partial charge in [-0.05, 0) is 43.2 Å². The first-order valence-corrected chi connectivity index (χ1v) is 10.7. The number of hydrogen-bond acceptors (Lipinski definition) is 3. The summed E-state index contributed by atoms with van der Waals surface area (Å²) in [7, 11) is -3.74. The van der Waals surface area contributed by atoms with E-state index < -0.39 is 33.2 Å². The van der Waals surface area contributed by atoms with Crippen LogP contribution in [0.4, 0.5) is 18.9 Å². The van der Waals surface area contributed by atoms with E-state index in [0.29, 0.717) is 13.1 Å². The number of nitrogens with zero attached hydrogens (tertiary/aromatic N) is 1. The van der Waals surface area contributed by atoms with Gasteiger partial charge in [-0.25, -0.2) is 8.42 Å². The second-order valence-electron chi connectivity index (χ2n) is 6.84. The normalized spacial score (nSPS) is 16.2. The third-order valence-corrected chi connectivity index (χ3v) is 6.67. The molecule has 1 aliphatic heterocycles. The first kappa shape index (κ1) is 21.3. The lowest BCUT2D eigenvalue weighted by molar-refractivity contribution is -0.137. The smallest absolute Gasteiger partial charge is 0.322 e. The van der Waals surface area contributed by atoms with Crippen molar-refractivity contribution in [1.82, 2.24) is 4.31 Å². The first-order valence-electron chi connectivity index (χ1n) is 9.27. The summed E-state index contributed by atoms with van der Waals surface area (Å²) in [6.07, 6.45) is -1.17. The van der Waals surface area contributed by atoms with E-state index in [1.165, 1.54) is 40.7 Å². The number of carbonyl (C=O) groups is 1. The maximum absolute atomic E-state index is 13.1. The zero-order valence-electron chi connectivity index (χ0n) is 15.6. The zero-order chi connectivity index (χ0) is 21.1. The molecule has 0 atom stereocenters. The SMILES string of the molecule is O=C(Nc1cccc(S(=O)(=O)N2CCCCCC2)c1)c1ccccc1C(F)(F)F. The van der Waals surface area contributed by atoms with Crippen LogP contribution in [0.15, 0.2) is 53.4 Å². The summed E-state index contributed by atoms with van der Waals surface area (Å²) in [5.74, 6) is -0.956. The summed E-state index contributed by atoms with van der Waals surface area (Å²) >= 11 is 0. The summed E-state index contributed by atoms with van der Waals surface area (Å²) < 4.78 is 66.6. The third-order valence-electron chi connectivity index (χ3n) is 4.77. The van der Waals surface area contributed by atoms with Gasteiger partial charge in [-0.3, -0.25) is 4.79 Å². The van der Waals surface area contributed by atoms with Crippen molar-refractivity contribution in [2.45, 2.75) is 36.8 Å². The molecule has 0 bridgehead atoms. The number of sulfonamides is 1. The van der Waals surface area contributed by atoms with Crippen molar-refractivity contribution in [3.8, 4) is 0 Å². The third kappa shape index (κ3) is 4.97. The van der Waals surface area contributed by atoms with Gasteiger partial charge in [-0.15, -0.1) is 0 Å². The van der Waals surface area contributed by atoms with Crippen molar-refractivity contribution in [3.05, 3.63) is 59.7 Å². The van der Waals surface area contributed by atoms with Crippen molar-refractivity contribution in [2.75, 3.05) is 18.4 Å². The quantitative estimate of drug-likeness (QED) is 0.782. The van der Waals surface area contributed by atoms with E-state index >= 15 is 0 Å². The zero-order valence-corrected chi connectivity index (χ0v) is 16.4. The molecule has 1 heterocycles. The second-order valence-corrected chi connectivity index (χ2v) is 8.78. The van der Waals surface area contributed by atoms with E-state index in [4.69, 9.17) is 0 Å². The maximum Gasteiger partial charge on any atom is 0.417 e. The van der Waals surface area contributed by atoms with E-state index in [9.17, 15) is 26.4 Å². The Balaban J connectivity index is 1.85. The average molecular weight is 426 g/mol. The predicted octanol–water partition coefficient (Wildman–Crippen LogP) is 4.52. The minimum Gasteiger partial charge on any atom is -0.322 e. The Labute approximate surface area is 167 Å². The minimum absolute atomic E-state index is 0.00121. The summed E-state index contributed by atoms with van der Waals surface area (Å²) in [5, 5.41) is 2.38. The standard InChI is InChI=1S/C20H21F3N2O3S/c21-20(22,23)18-11-4-3-10-17(18)19(26)24-15-8-7-9-16(14-15)29(27,28)25-12-5-1-2-6-13-25/h3-4,7-11,14H,1-2,5-6,12-13H2,(H,24,26). The topological polar surface area (TPSA) is 66.5 Å². The Morgan fingerprint density at radius 2 is 1.59 bits per heavy atom. The van der Waals surface area contributed by atoms with E-state index in [1.54, 1.807) is 0 Å². The monoisotopic (exact) mass is 426 g/mol. The maximum atomic E-state index is 13.1. The molecule has 29 heavy (non-hydrogen) atoms. The fourth-order valence-electron chi connectivity index (χ4n) is 3.29. The van der Waals surface area contributed by atoms with Gasteiger partial charge < -0.3 is 5.32 Å². The van der Waals surface area contributed by atoms with Gasteiger partial charge in [-0.2, -0.15) is 17.5 Å². The summed E-state index contributed by atoms with van der Waals surface area (Å²) in [6.45, 7) is 0.857. The van der Waals surface area contributed by atoms with Crippen molar-refractivity contribution in [1.29, 1.82) is 0 Å². The molecule has 3 rings (SSSR count). The number of carbonyl (C=O) groups excluding carboxylic acids is 1. The van der Waals surface area contributed by atoms with Crippen LogP contribution < -0.4 is 5.32 Å². The first-order chi connectivity index (χ1) is 13.7. The van der Waals surface area contributed by atoms with Crippen LogP contribution in [0.25, 0.3) is 0 Å². The lowest BCUT2D eigenvalue weighted by atomic mass is 10.1. The van der Waals surface area contributed by atoms with Gasteiger partial charge in [0.05, 0.1) is 16.0 Å². The molecule has 0 aliphatic carbocycles. The van der Waals surface area contributed by atoms with Crippen LogP contribution in [0.2, 0.25) is 0 Å². The van der Waals surface area contributed by atoms with Crippen LogP contribution >= 0.6 is 0 Å². The van der Waals surface area contributed by atoms with Crippen LogP contribution in [0.5, 0.6) is 0 Å². The predicted molar refractivity (Wildman–Crippen MR) is 103 cm³/mol. The van der Waals surface area contributed by atoms with Crippen molar-refractivity contribution < 1.29 is 26.4 Å². The Hall–Kier alpha value is -2.39. The Kier molecular flexibility index (Phi) is 6.28. The molecule has 156 valence electrons. The molecule has 0 saturated carbocycles. The molecular weight excluding hydrogens is 405 g/mol. The van der Waals surface area contributed by atoms with Crippen molar-refractivity contribution in [2.24, 2.45) is 0 Å². The van der Waals surface area contributed by atoms with Crippen LogP contribution in [-0.2, 0) is 16.2 Å². The summed E-state index contributed by atoms with van der Waals surface area (Å²) in [6, 6.07) is 10.0. The molecule has 1 N–H and O–H groups in total. The fourth-order valence-corrected chi connectivity index (χ4v) is 4.86. The highest BCUT2D eigenvalue weighted by molar-refractivity contribution is 7.89. The highest BCUT2D eigenvalue weighted by atomic mass is 32.2. The number of alkyl halides is 3. The van der Waals surface area contributed by atoms with E-state index in [0.717, 1.165) is 37.8 Å². The van der Waals surface area contributed by atoms with Gasteiger partial charge in [0.1, 0.15) is 0 Å². The number of rotatable bonds is 4. The Morgan fingerprint density at radius 3 is 2.24 bits per heavy atom. The fraction of sp³-hybridized carbons (Fsp3) is 0.350. The molecule has 0 aromatic heterocycles. The highest BCUT2D eigenvalue weighted by Gasteiger charge is 2.35. The number of nitrogens with one attached hydrogen (secondary N) is 1. The van der Waals surface area contributed by atoms with Crippen LogP contribution in [-0.4, -0.2) is 31.7 Å². The van der Waals surface area contributed by atoms with Crippen LogP contribution in [0.3, 0.4) is 0 Å². The molecule has 1 saturated heterocycles. The lowest BCUT2D eigenvalue weighted by Crippen LogP contribution is -2.32. The molecule has 2 aromatic carbocycles. The van der Waals surface area contributed by atoms with Crippen molar-refractivity contribution >= 4 is 21.6 Å². The van der Waals surface area contributed by atoms with Crippen LogP contribution in [0, 0.1) is 0 Å². The molecule has 0 radical (unpaired) electrons. The average Bonchev–Trinajstić information content (AvgIpc) is 2.97. The van der Waals surface area contributed by atoms with Gasteiger partial charge in [0.25, 0.3) is 5.91 Å². The van der Waals surface area contributed by atoms with E-state index in [2.05, 4.69) is 5.32 Å². The number of amides is 1. The molecule has 1 amide bonds. The molecule has 9 heteroatoms. The molecule has 1 fully saturated rings. The Bertz CT molecular complexity index is 982. The number of hydrogen-bond donors (Lipinski definition) is 1. The lowest BCUT2D eigenvalue weighted by Gasteiger charge is -2.20. The second kappa shape index (κ2) is 8.54. The van der Waals surface area contributed by atoms with Crippen molar-refractivity contribution in [3.63, 3.8) is 0 Å². The number of benzene rings is 2. The van der Waals surface area contributed by atoms with Gasteiger partial charge >= 0.3 is 6.18 Å². The summed E-state index contributed by atoms with van der Waals surface area (Å²) in [4.78, 5) is 12.4. The van der Waals surface area contributed by atoms with Gasteiger partial charge in [0, 0.05) is 18.8 Å². The van der Waals surface area contributed by atoms with E-state index in [1.807, 2.05) is 0 Å². The molecule has 1 aliphatic rings. The largest absolute Gasteiger partial charge is 0.417 e. The number of halogens is 3. The minimum atomic E-state index is -4.67. The summed E-state index contributed by atoms with van der Waals surface area (Å²) in [5.41, 5.74) is -1.46. The van der Waals surface area contributed by atoms with Gasteiger partial charge in [0.2, 0.25) is 10.0 Å². The van der Waals surface area contributed by atoms with Gasteiger partial charge in [0.15, 0.2) is 0 Å². The highest BCUT2D eigenvalue weighted by Crippen LogP contribution is 2.32. The van der Waals surface area contributed by atoms with Gasteiger partial charge in [-0.1, -0.05) is 31.0 Å². The Morgan fingerprint density at radius 1 is 0.931 bits per heavy atom. The van der Waals surface area contributed by atoms with Crippen LogP contribution in [0.1, 0.15) is 41.6 Å². The molecule has 0 unspecified atom stereocenters. The number of anilines is 1. The molecular formula is C20H21F3N2O3S.